The molecule has 6 nitrogen and oxygen atoms in total. The zero-order valence-corrected chi connectivity index (χ0v) is 17.1. The van der Waals surface area contributed by atoms with Crippen LogP contribution in [0.15, 0.2) is 41.7 Å². The maximum absolute atomic E-state index is 5.67. The summed E-state index contributed by atoms with van der Waals surface area (Å²) in [6.45, 7) is 8.50. The van der Waals surface area contributed by atoms with Gasteiger partial charge in [-0.2, -0.15) is 0 Å². The summed E-state index contributed by atoms with van der Waals surface area (Å²) in [7, 11) is 0. The molecule has 3 heterocycles. The monoisotopic (exact) mass is 457 g/mol. The maximum Gasteiger partial charge on any atom is 0.194 e. The number of hydrogen-bond donors (Lipinski definition) is 1. The van der Waals surface area contributed by atoms with Gasteiger partial charge >= 0.3 is 0 Å². The molecule has 1 atom stereocenters. The summed E-state index contributed by atoms with van der Waals surface area (Å²) in [5.74, 6) is 1.79. The Bertz CT molecular complexity index is 558. The lowest BCUT2D eigenvalue weighted by Crippen LogP contribution is -2.43. The summed E-state index contributed by atoms with van der Waals surface area (Å²) < 4.78 is 5.67. The van der Waals surface area contributed by atoms with E-state index in [4.69, 9.17) is 9.73 Å². The highest BCUT2D eigenvalue weighted by atomic mass is 127. The lowest BCUT2D eigenvalue weighted by Gasteiger charge is -2.25. The highest BCUT2D eigenvalue weighted by molar-refractivity contribution is 14.0. The third-order valence-electron chi connectivity index (χ3n) is 4.42. The van der Waals surface area contributed by atoms with E-state index < -0.39 is 0 Å². The minimum Gasteiger partial charge on any atom is -0.490 e. The zero-order valence-electron chi connectivity index (χ0n) is 14.8. The minimum atomic E-state index is 0. The number of ether oxygens (including phenoxy) is 1. The van der Waals surface area contributed by atoms with E-state index in [-0.39, 0.29) is 24.0 Å². The van der Waals surface area contributed by atoms with Crippen LogP contribution in [-0.2, 0) is 0 Å². The van der Waals surface area contributed by atoms with Crippen molar-refractivity contribution in [2.24, 2.45) is 4.99 Å². The van der Waals surface area contributed by atoms with E-state index in [0.29, 0.717) is 19.2 Å². The molecule has 2 aliphatic heterocycles. The van der Waals surface area contributed by atoms with Gasteiger partial charge in [0.25, 0.3) is 0 Å². The second-order valence-corrected chi connectivity index (χ2v) is 6.09. The summed E-state index contributed by atoms with van der Waals surface area (Å²) in [5.41, 5.74) is 0. The number of rotatable bonds is 6. The zero-order chi connectivity index (χ0) is 16.6. The number of halogens is 1. The van der Waals surface area contributed by atoms with Crippen LogP contribution in [-0.4, -0.2) is 72.7 Å². The average molecular weight is 457 g/mol. The van der Waals surface area contributed by atoms with Crippen molar-refractivity contribution in [3.8, 4) is 5.75 Å². The largest absolute Gasteiger partial charge is 0.490 e. The fourth-order valence-corrected chi connectivity index (χ4v) is 3.20. The maximum atomic E-state index is 5.67. The number of aliphatic imine (C=N–C) groups is 1. The smallest absolute Gasteiger partial charge is 0.194 e. The van der Waals surface area contributed by atoms with E-state index in [2.05, 4.69) is 39.2 Å². The summed E-state index contributed by atoms with van der Waals surface area (Å²) in [5, 5.41) is 3.41. The van der Waals surface area contributed by atoms with E-state index >= 15 is 0 Å². The Morgan fingerprint density at radius 2 is 2.24 bits per heavy atom. The first-order chi connectivity index (χ1) is 11.9. The summed E-state index contributed by atoms with van der Waals surface area (Å²) in [4.78, 5) is 13.7. The molecule has 25 heavy (non-hydrogen) atoms. The molecule has 2 aliphatic rings. The van der Waals surface area contributed by atoms with Crippen LogP contribution in [0.5, 0.6) is 5.75 Å². The lowest BCUT2D eigenvalue weighted by atomic mass is 10.2. The van der Waals surface area contributed by atoms with Gasteiger partial charge in [-0.1, -0.05) is 12.2 Å². The topological polar surface area (TPSA) is 53.0 Å². The number of guanidine groups is 1. The molecule has 138 valence electrons. The van der Waals surface area contributed by atoms with Gasteiger partial charge in [0.15, 0.2) is 5.96 Å². The second-order valence-electron chi connectivity index (χ2n) is 6.09. The first kappa shape index (κ1) is 20.0. The third kappa shape index (κ3) is 5.85. The number of pyridine rings is 1. The third-order valence-corrected chi connectivity index (χ3v) is 4.42. The van der Waals surface area contributed by atoms with Crippen molar-refractivity contribution in [2.45, 2.75) is 19.4 Å². The first-order valence-electron chi connectivity index (χ1n) is 8.82. The first-order valence-corrected chi connectivity index (χ1v) is 8.82. The standard InChI is InChI=1S/C18H27N5O.HI/c1-2-20-18(21-9-13-24-17-6-5-8-19-14-17)23-12-7-16(15-23)22-10-3-4-11-22;/h3-6,8,14,16H,2,7,9-13,15H2,1H3,(H,20,21);1H. The molecule has 0 bridgehead atoms. The Hall–Kier alpha value is -1.35. The molecule has 0 saturated carbocycles. The number of hydrogen-bond acceptors (Lipinski definition) is 4. The number of likely N-dealkylation sites (tertiary alicyclic amines) is 1. The number of nitrogens with one attached hydrogen (secondary N) is 1. The van der Waals surface area contributed by atoms with Gasteiger partial charge in [-0.25, -0.2) is 4.99 Å². The molecular formula is C18H28IN5O. The predicted octanol–water partition coefficient (Wildman–Crippen LogP) is 1.99. The molecule has 1 aromatic rings. The van der Waals surface area contributed by atoms with Gasteiger partial charge in [0.1, 0.15) is 12.4 Å². The van der Waals surface area contributed by atoms with Gasteiger partial charge in [-0.3, -0.25) is 9.88 Å². The Balaban J connectivity index is 0.00000225. The van der Waals surface area contributed by atoms with Gasteiger partial charge in [0, 0.05) is 45.0 Å². The molecule has 1 N–H and O–H groups in total. The molecule has 1 aromatic heterocycles. The average Bonchev–Trinajstić information content (AvgIpc) is 3.29. The van der Waals surface area contributed by atoms with Crippen LogP contribution in [0, 0.1) is 0 Å². The lowest BCUT2D eigenvalue weighted by molar-refractivity contribution is 0.259. The van der Waals surface area contributed by atoms with Crippen LogP contribution in [0.3, 0.4) is 0 Å². The normalized spacial score (nSPS) is 20.6. The van der Waals surface area contributed by atoms with Crippen molar-refractivity contribution in [3.63, 3.8) is 0 Å². The molecule has 0 radical (unpaired) electrons. The summed E-state index contributed by atoms with van der Waals surface area (Å²) in [6.07, 6.45) is 9.20. The molecule has 0 aromatic carbocycles. The number of nitrogens with zero attached hydrogens (tertiary/aromatic N) is 4. The molecule has 3 rings (SSSR count). The van der Waals surface area contributed by atoms with Crippen molar-refractivity contribution < 1.29 is 4.74 Å². The quantitative estimate of drug-likeness (QED) is 0.233. The van der Waals surface area contributed by atoms with Gasteiger partial charge < -0.3 is 15.0 Å². The minimum absolute atomic E-state index is 0. The van der Waals surface area contributed by atoms with Crippen LogP contribution in [0.1, 0.15) is 13.3 Å². The fourth-order valence-electron chi connectivity index (χ4n) is 3.20. The molecule has 7 heteroatoms. The summed E-state index contributed by atoms with van der Waals surface area (Å²) in [6, 6.07) is 4.42. The van der Waals surface area contributed by atoms with Crippen LogP contribution in [0.25, 0.3) is 0 Å². The Morgan fingerprint density at radius 3 is 2.96 bits per heavy atom. The van der Waals surface area contributed by atoms with Gasteiger partial charge in [0.05, 0.1) is 12.7 Å². The van der Waals surface area contributed by atoms with E-state index in [9.17, 15) is 0 Å². The van der Waals surface area contributed by atoms with E-state index in [1.807, 2.05) is 12.1 Å². The van der Waals surface area contributed by atoms with Crippen molar-refractivity contribution in [1.29, 1.82) is 0 Å². The van der Waals surface area contributed by atoms with E-state index in [0.717, 1.165) is 44.4 Å². The molecule has 0 spiro atoms. The van der Waals surface area contributed by atoms with Crippen LogP contribution < -0.4 is 10.1 Å². The van der Waals surface area contributed by atoms with Gasteiger partial charge in [-0.15, -0.1) is 24.0 Å². The van der Waals surface area contributed by atoms with Crippen LogP contribution >= 0.6 is 24.0 Å². The van der Waals surface area contributed by atoms with Crippen molar-refractivity contribution in [3.05, 3.63) is 36.7 Å². The molecule has 0 amide bonds. The highest BCUT2D eigenvalue weighted by Gasteiger charge is 2.29. The summed E-state index contributed by atoms with van der Waals surface area (Å²) >= 11 is 0. The highest BCUT2D eigenvalue weighted by Crippen LogP contribution is 2.17. The SMILES string of the molecule is CCNC(=NCCOc1cccnc1)N1CCC(N2CC=CC2)C1.I. The van der Waals surface area contributed by atoms with Crippen LogP contribution in [0.4, 0.5) is 0 Å². The Morgan fingerprint density at radius 1 is 1.40 bits per heavy atom. The molecule has 1 fully saturated rings. The Kier molecular flexibility index (Phi) is 8.47. The molecular weight excluding hydrogens is 429 g/mol. The van der Waals surface area contributed by atoms with Crippen LogP contribution in [0.2, 0.25) is 0 Å². The second kappa shape index (κ2) is 10.6. The van der Waals surface area contributed by atoms with Crippen molar-refractivity contribution >= 4 is 29.9 Å². The number of aromatic nitrogens is 1. The van der Waals surface area contributed by atoms with Crippen molar-refractivity contribution in [2.75, 3.05) is 45.9 Å². The van der Waals surface area contributed by atoms with Crippen molar-refractivity contribution in [1.82, 2.24) is 20.1 Å². The fraction of sp³-hybridized carbons (Fsp3) is 0.556. The molecule has 1 saturated heterocycles. The molecule has 1 unspecified atom stereocenters. The van der Waals surface area contributed by atoms with E-state index in [1.54, 1.807) is 12.4 Å². The van der Waals surface area contributed by atoms with Gasteiger partial charge in [-0.05, 0) is 25.5 Å². The predicted molar refractivity (Wildman–Crippen MR) is 112 cm³/mol. The van der Waals surface area contributed by atoms with Gasteiger partial charge in [0.2, 0.25) is 0 Å². The Labute approximate surface area is 167 Å². The molecule has 0 aliphatic carbocycles. The van der Waals surface area contributed by atoms with E-state index in [1.165, 1.54) is 6.42 Å².